The van der Waals surface area contributed by atoms with E-state index < -0.39 is 11.9 Å². The van der Waals surface area contributed by atoms with Crippen LogP contribution in [0.3, 0.4) is 0 Å². The number of fused-ring (bicyclic) bond motifs is 1. The van der Waals surface area contributed by atoms with Gasteiger partial charge in [0.15, 0.2) is 11.3 Å². The van der Waals surface area contributed by atoms with Gasteiger partial charge in [-0.15, -0.1) is 10.2 Å². The van der Waals surface area contributed by atoms with Crippen LogP contribution >= 0.6 is 0 Å². The molecule has 3 rings (SSSR count). The molecular weight excluding hydrogens is 372 g/mol. The van der Waals surface area contributed by atoms with E-state index in [1.54, 1.807) is 13.8 Å². The molecule has 0 amide bonds. The van der Waals surface area contributed by atoms with Gasteiger partial charge in [-0.2, -0.15) is 5.10 Å². The van der Waals surface area contributed by atoms with Gasteiger partial charge in [0.05, 0.1) is 36.6 Å². The van der Waals surface area contributed by atoms with Gasteiger partial charge in [-0.05, 0) is 25.3 Å². The number of ether oxygens (including phenoxy) is 2. The maximum atomic E-state index is 12.4. The summed E-state index contributed by atoms with van der Waals surface area (Å²) in [5.74, 6) is -1.03. The molecule has 0 atom stereocenters. The van der Waals surface area contributed by atoms with Gasteiger partial charge in [0.1, 0.15) is 0 Å². The maximum Gasteiger partial charge on any atom is 0.360 e. The number of nitrogens with zero attached hydrogens (tertiary/aromatic N) is 4. The van der Waals surface area contributed by atoms with Crippen LogP contribution in [0.4, 0.5) is 0 Å². The first kappa shape index (κ1) is 20.4. The number of carbonyl (C=O) groups is 2. The van der Waals surface area contributed by atoms with Gasteiger partial charge in [-0.25, -0.2) is 9.31 Å². The van der Waals surface area contributed by atoms with E-state index in [1.165, 1.54) is 4.52 Å². The van der Waals surface area contributed by atoms with Crippen LogP contribution in [0.15, 0.2) is 30.3 Å². The Morgan fingerprint density at radius 3 is 2.34 bits per heavy atom. The summed E-state index contributed by atoms with van der Waals surface area (Å²) < 4.78 is 11.7. The quantitative estimate of drug-likeness (QED) is 0.566. The highest BCUT2D eigenvalue weighted by Gasteiger charge is 2.26. The van der Waals surface area contributed by atoms with E-state index in [0.29, 0.717) is 11.3 Å². The van der Waals surface area contributed by atoms with Gasteiger partial charge in [0.2, 0.25) is 0 Å². The van der Waals surface area contributed by atoms with Gasteiger partial charge in [-0.3, -0.25) is 4.79 Å². The van der Waals surface area contributed by atoms with Crippen molar-refractivity contribution in [1.29, 1.82) is 0 Å². The van der Waals surface area contributed by atoms with Crippen molar-refractivity contribution in [2.75, 3.05) is 13.2 Å². The Bertz CT molecular complexity index is 1030. The van der Waals surface area contributed by atoms with Crippen LogP contribution < -0.4 is 0 Å². The van der Waals surface area contributed by atoms with E-state index in [2.05, 4.69) is 10.2 Å². The van der Waals surface area contributed by atoms with E-state index >= 15 is 0 Å². The second-order valence-electron chi connectivity index (χ2n) is 6.71. The lowest BCUT2D eigenvalue weighted by atomic mass is 10.00. The highest BCUT2D eigenvalue weighted by Crippen LogP contribution is 2.32. The molecule has 0 unspecified atom stereocenters. The van der Waals surface area contributed by atoms with Crippen molar-refractivity contribution in [1.82, 2.24) is 19.8 Å². The molecule has 0 radical (unpaired) electrons. The van der Waals surface area contributed by atoms with Gasteiger partial charge in [-0.1, -0.05) is 44.2 Å². The molecule has 0 N–H and O–H groups in total. The van der Waals surface area contributed by atoms with Crippen molar-refractivity contribution < 1.29 is 19.1 Å². The van der Waals surface area contributed by atoms with Crippen LogP contribution in [0.25, 0.3) is 16.8 Å². The van der Waals surface area contributed by atoms with Gasteiger partial charge < -0.3 is 9.47 Å². The molecule has 2 aromatic heterocycles. The lowest BCUT2D eigenvalue weighted by molar-refractivity contribution is -0.142. The zero-order chi connectivity index (χ0) is 21.0. The fourth-order valence-corrected chi connectivity index (χ4v) is 3.11. The van der Waals surface area contributed by atoms with Crippen molar-refractivity contribution in [2.24, 2.45) is 0 Å². The van der Waals surface area contributed by atoms with Crippen LogP contribution in [0, 0.1) is 0 Å². The van der Waals surface area contributed by atoms with Crippen LogP contribution in [0.5, 0.6) is 0 Å². The molecular formula is C21H24N4O4. The molecule has 0 aliphatic rings. The highest BCUT2D eigenvalue weighted by atomic mass is 16.5. The van der Waals surface area contributed by atoms with Gasteiger partial charge in [0.25, 0.3) is 0 Å². The van der Waals surface area contributed by atoms with Crippen molar-refractivity contribution in [2.45, 2.75) is 40.0 Å². The zero-order valence-electron chi connectivity index (χ0n) is 17.0. The van der Waals surface area contributed by atoms with Crippen molar-refractivity contribution in [3.05, 3.63) is 47.4 Å². The van der Waals surface area contributed by atoms with Crippen molar-refractivity contribution in [3.63, 3.8) is 0 Å². The summed E-state index contributed by atoms with van der Waals surface area (Å²) in [6.45, 7) is 7.90. The normalized spacial score (nSPS) is 11.1. The molecule has 0 aliphatic heterocycles. The lowest BCUT2D eigenvalue weighted by Crippen LogP contribution is -2.20. The van der Waals surface area contributed by atoms with Crippen LogP contribution in [-0.4, -0.2) is 45.0 Å². The molecule has 152 valence electrons. The molecule has 0 saturated heterocycles. The Kier molecular flexibility index (Phi) is 6.21. The van der Waals surface area contributed by atoms with E-state index in [-0.39, 0.29) is 31.2 Å². The van der Waals surface area contributed by atoms with E-state index in [1.807, 2.05) is 44.2 Å². The predicted octanol–water partition coefficient (Wildman–Crippen LogP) is 3.20. The topological polar surface area (TPSA) is 95.7 Å². The fourth-order valence-electron chi connectivity index (χ4n) is 3.11. The van der Waals surface area contributed by atoms with Gasteiger partial charge in [0, 0.05) is 0 Å². The molecule has 29 heavy (non-hydrogen) atoms. The molecule has 3 aromatic rings. The molecule has 8 heteroatoms. The molecule has 0 fully saturated rings. The third-order valence-electron chi connectivity index (χ3n) is 4.36. The second-order valence-corrected chi connectivity index (χ2v) is 6.71. The smallest absolute Gasteiger partial charge is 0.360 e. The molecule has 0 bridgehead atoms. The Hall–Kier alpha value is -3.29. The molecule has 0 spiro atoms. The molecule has 0 aliphatic carbocycles. The van der Waals surface area contributed by atoms with Crippen LogP contribution in [-0.2, 0) is 20.7 Å². The average Bonchev–Trinajstić information content (AvgIpc) is 3.09. The first-order valence-corrected chi connectivity index (χ1v) is 9.64. The Balaban J connectivity index is 2.28. The summed E-state index contributed by atoms with van der Waals surface area (Å²) in [5.41, 5.74) is 3.31. The van der Waals surface area contributed by atoms with Gasteiger partial charge >= 0.3 is 11.9 Å². The minimum absolute atomic E-state index is 0.0372. The first-order chi connectivity index (χ1) is 14.0. The average molecular weight is 396 g/mol. The van der Waals surface area contributed by atoms with E-state index in [4.69, 9.17) is 14.6 Å². The Labute approximate surface area is 168 Å². The van der Waals surface area contributed by atoms with E-state index in [0.717, 1.165) is 16.8 Å². The van der Waals surface area contributed by atoms with Crippen LogP contribution in [0.1, 0.15) is 55.5 Å². The summed E-state index contributed by atoms with van der Waals surface area (Å²) >= 11 is 0. The fraction of sp³-hybridized carbons (Fsp3) is 0.381. The minimum Gasteiger partial charge on any atom is -0.466 e. The molecule has 0 saturated carbocycles. The highest BCUT2D eigenvalue weighted by molar-refractivity contribution is 5.91. The van der Waals surface area contributed by atoms with Crippen LogP contribution in [0.2, 0.25) is 0 Å². The summed E-state index contributed by atoms with van der Waals surface area (Å²) in [5, 5.41) is 13.1. The first-order valence-electron chi connectivity index (χ1n) is 9.64. The largest absolute Gasteiger partial charge is 0.466 e. The third kappa shape index (κ3) is 4.11. The number of hydrogen-bond donors (Lipinski definition) is 0. The Morgan fingerprint density at radius 2 is 1.72 bits per heavy atom. The minimum atomic E-state index is -0.649. The number of aromatic nitrogens is 4. The SMILES string of the molecule is CCOC(=O)Cc1c(C(=O)OCC)nnc2c(-c3ccccc3)c(C(C)C)nn12. The molecule has 1 aromatic carbocycles. The summed E-state index contributed by atoms with van der Waals surface area (Å²) in [6, 6.07) is 9.73. The van der Waals surface area contributed by atoms with Crippen molar-refractivity contribution in [3.8, 4) is 11.1 Å². The number of benzene rings is 1. The number of rotatable bonds is 7. The van der Waals surface area contributed by atoms with Crippen molar-refractivity contribution >= 4 is 17.6 Å². The maximum absolute atomic E-state index is 12.4. The zero-order valence-corrected chi connectivity index (χ0v) is 17.0. The lowest BCUT2D eigenvalue weighted by Gasteiger charge is -2.09. The predicted molar refractivity (Wildman–Crippen MR) is 107 cm³/mol. The summed E-state index contributed by atoms with van der Waals surface area (Å²) in [4.78, 5) is 24.6. The Morgan fingerprint density at radius 1 is 1.03 bits per heavy atom. The summed E-state index contributed by atoms with van der Waals surface area (Å²) in [6.07, 6.45) is -0.165. The standard InChI is InChI=1S/C21H24N4O4/c1-5-28-16(26)12-15-19(21(27)29-6-2)22-23-20-17(14-10-8-7-9-11-14)18(13(3)4)24-25(15)20/h7-11,13H,5-6,12H2,1-4H3. The van der Waals surface area contributed by atoms with E-state index in [9.17, 15) is 9.59 Å². The number of carbonyl (C=O) groups excluding carboxylic acids is 2. The summed E-state index contributed by atoms with van der Waals surface area (Å²) in [7, 11) is 0. The monoisotopic (exact) mass is 396 g/mol. The third-order valence-corrected chi connectivity index (χ3v) is 4.36. The number of hydrogen-bond acceptors (Lipinski definition) is 7. The number of esters is 2. The molecule has 8 nitrogen and oxygen atoms in total. The second kappa shape index (κ2) is 8.81. The molecule has 2 heterocycles.